The predicted octanol–water partition coefficient (Wildman–Crippen LogP) is 4.71. The second-order valence-corrected chi connectivity index (χ2v) is 8.44. The molecule has 1 aliphatic rings. The number of nitriles is 1. The first-order valence-corrected chi connectivity index (χ1v) is 10.3. The minimum atomic E-state index is 0.668. The lowest BCUT2D eigenvalue weighted by molar-refractivity contribution is -0.890. The summed E-state index contributed by atoms with van der Waals surface area (Å²) in [6.07, 6.45) is 5.54. The zero-order valence-electron chi connectivity index (χ0n) is 17.6. The van der Waals surface area contributed by atoms with Gasteiger partial charge < -0.3 is 9.38 Å². The largest absolute Gasteiger partial charge is 0.360 e. The molecule has 3 aromatic rings. The van der Waals surface area contributed by atoms with Gasteiger partial charge in [0, 0.05) is 18.1 Å². The van der Waals surface area contributed by atoms with E-state index in [-0.39, 0.29) is 0 Å². The Morgan fingerprint density at radius 3 is 2.10 bits per heavy atom. The van der Waals surface area contributed by atoms with Gasteiger partial charge in [-0.2, -0.15) is 5.26 Å². The van der Waals surface area contributed by atoms with Gasteiger partial charge in [0.25, 0.3) is 0 Å². The zero-order chi connectivity index (χ0) is 21.0. The van der Waals surface area contributed by atoms with Crippen LogP contribution in [0.2, 0.25) is 0 Å². The maximum absolute atomic E-state index is 9.70. The van der Waals surface area contributed by atoms with Gasteiger partial charge in [-0.3, -0.25) is 4.98 Å². The Balaban J connectivity index is 1.50. The molecule has 0 atom stereocenters. The number of aromatic nitrogens is 1. The lowest BCUT2D eigenvalue weighted by Crippen LogP contribution is -2.54. The van der Waals surface area contributed by atoms with Gasteiger partial charge >= 0.3 is 0 Å². The highest BCUT2D eigenvalue weighted by atomic mass is 15.4. The Morgan fingerprint density at radius 1 is 0.900 bits per heavy atom. The Labute approximate surface area is 178 Å². The Bertz CT molecular complexity index is 1050. The molecular weight excluding hydrogens is 368 g/mol. The van der Waals surface area contributed by atoms with Gasteiger partial charge in [0.1, 0.15) is 0 Å². The molecule has 0 N–H and O–H groups in total. The molecule has 1 fully saturated rings. The molecule has 2 heterocycles. The van der Waals surface area contributed by atoms with Crippen LogP contribution in [-0.2, 0) is 0 Å². The Kier molecular flexibility index (Phi) is 5.65. The fraction of sp³-hybridized carbons (Fsp3) is 0.231. The maximum atomic E-state index is 9.70. The third-order valence-electron chi connectivity index (χ3n) is 5.85. The molecule has 1 saturated heterocycles. The Hall–Kier alpha value is -3.42. The SMILES string of the molecule is C[N+]1(C)CCN(c2ccc(/C=C(\C#N)c3ccc(-c4ccncc4)cc3)cc2)CC1. The van der Waals surface area contributed by atoms with Crippen molar-refractivity contribution in [1.29, 1.82) is 5.26 Å². The average Bonchev–Trinajstić information content (AvgIpc) is 2.79. The summed E-state index contributed by atoms with van der Waals surface area (Å²) in [4.78, 5) is 6.51. The highest BCUT2D eigenvalue weighted by Gasteiger charge is 2.24. The van der Waals surface area contributed by atoms with Crippen LogP contribution < -0.4 is 4.90 Å². The van der Waals surface area contributed by atoms with E-state index < -0.39 is 0 Å². The highest BCUT2D eigenvalue weighted by molar-refractivity contribution is 5.90. The number of hydrogen-bond donors (Lipinski definition) is 0. The molecule has 4 nitrogen and oxygen atoms in total. The zero-order valence-corrected chi connectivity index (χ0v) is 17.6. The molecule has 0 spiro atoms. The second-order valence-electron chi connectivity index (χ2n) is 8.44. The van der Waals surface area contributed by atoms with Crippen LogP contribution in [0.4, 0.5) is 5.69 Å². The van der Waals surface area contributed by atoms with E-state index in [1.807, 2.05) is 30.3 Å². The molecule has 30 heavy (non-hydrogen) atoms. The van der Waals surface area contributed by atoms with E-state index in [9.17, 15) is 5.26 Å². The molecular formula is C26H27N4+. The predicted molar refractivity (Wildman–Crippen MR) is 124 cm³/mol. The monoisotopic (exact) mass is 395 g/mol. The minimum Gasteiger partial charge on any atom is -0.360 e. The average molecular weight is 396 g/mol. The first-order valence-electron chi connectivity index (χ1n) is 10.3. The summed E-state index contributed by atoms with van der Waals surface area (Å²) in [7, 11) is 4.58. The van der Waals surface area contributed by atoms with Crippen LogP contribution in [0.1, 0.15) is 11.1 Å². The van der Waals surface area contributed by atoms with Crippen LogP contribution in [-0.4, -0.2) is 49.7 Å². The fourth-order valence-electron chi connectivity index (χ4n) is 3.78. The van der Waals surface area contributed by atoms with Crippen molar-refractivity contribution in [3.63, 3.8) is 0 Å². The number of benzene rings is 2. The van der Waals surface area contributed by atoms with Gasteiger partial charge in [-0.25, -0.2) is 0 Å². The number of anilines is 1. The lowest BCUT2D eigenvalue weighted by atomic mass is 10.00. The number of quaternary nitrogens is 1. The lowest BCUT2D eigenvalue weighted by Gasteiger charge is -2.40. The van der Waals surface area contributed by atoms with E-state index in [1.54, 1.807) is 12.4 Å². The number of piperazine rings is 1. The molecule has 0 amide bonds. The van der Waals surface area contributed by atoms with E-state index in [1.165, 1.54) is 5.69 Å². The van der Waals surface area contributed by atoms with Crippen molar-refractivity contribution in [2.75, 3.05) is 45.2 Å². The third-order valence-corrected chi connectivity index (χ3v) is 5.85. The molecule has 4 rings (SSSR count). The van der Waals surface area contributed by atoms with Gasteiger partial charge in [0.2, 0.25) is 0 Å². The topological polar surface area (TPSA) is 39.9 Å². The summed E-state index contributed by atoms with van der Waals surface area (Å²) in [6, 6.07) is 23.0. The van der Waals surface area contributed by atoms with E-state index >= 15 is 0 Å². The normalized spacial score (nSPS) is 16.2. The van der Waals surface area contributed by atoms with Gasteiger partial charge in [-0.1, -0.05) is 36.4 Å². The van der Waals surface area contributed by atoms with Crippen molar-refractivity contribution in [3.05, 3.63) is 84.2 Å². The summed E-state index contributed by atoms with van der Waals surface area (Å²) < 4.78 is 1.09. The third kappa shape index (κ3) is 4.59. The molecule has 4 heteroatoms. The summed E-state index contributed by atoms with van der Waals surface area (Å²) in [5.41, 5.74) is 6.13. The number of rotatable bonds is 4. The van der Waals surface area contributed by atoms with Gasteiger partial charge in [-0.15, -0.1) is 0 Å². The van der Waals surface area contributed by atoms with Crippen molar-refractivity contribution in [3.8, 4) is 17.2 Å². The van der Waals surface area contributed by atoms with Crippen molar-refractivity contribution < 1.29 is 4.48 Å². The minimum absolute atomic E-state index is 0.668. The molecule has 150 valence electrons. The Morgan fingerprint density at radius 2 is 1.50 bits per heavy atom. The van der Waals surface area contributed by atoms with Crippen LogP contribution in [0.25, 0.3) is 22.8 Å². The van der Waals surface area contributed by atoms with Crippen LogP contribution in [0, 0.1) is 11.3 Å². The van der Waals surface area contributed by atoms with Crippen LogP contribution >= 0.6 is 0 Å². The van der Waals surface area contributed by atoms with E-state index in [2.05, 4.69) is 66.4 Å². The molecule has 1 aromatic heterocycles. The van der Waals surface area contributed by atoms with Gasteiger partial charge in [0.05, 0.1) is 51.9 Å². The summed E-state index contributed by atoms with van der Waals surface area (Å²) in [5, 5.41) is 9.70. The summed E-state index contributed by atoms with van der Waals surface area (Å²) in [6.45, 7) is 4.48. The summed E-state index contributed by atoms with van der Waals surface area (Å²) in [5.74, 6) is 0. The molecule has 0 bridgehead atoms. The van der Waals surface area contributed by atoms with Gasteiger partial charge in [0.15, 0.2) is 0 Å². The van der Waals surface area contributed by atoms with E-state index in [0.29, 0.717) is 5.57 Å². The summed E-state index contributed by atoms with van der Waals surface area (Å²) >= 11 is 0. The molecule has 1 aliphatic heterocycles. The van der Waals surface area contributed by atoms with Crippen molar-refractivity contribution in [1.82, 2.24) is 4.98 Å². The smallest absolute Gasteiger partial charge is 0.0998 e. The molecule has 0 saturated carbocycles. The van der Waals surface area contributed by atoms with E-state index in [0.717, 1.165) is 52.9 Å². The van der Waals surface area contributed by atoms with Gasteiger partial charge in [-0.05, 0) is 52.6 Å². The van der Waals surface area contributed by atoms with Crippen LogP contribution in [0.5, 0.6) is 0 Å². The van der Waals surface area contributed by atoms with Crippen molar-refractivity contribution in [2.24, 2.45) is 0 Å². The van der Waals surface area contributed by atoms with E-state index in [4.69, 9.17) is 0 Å². The second kappa shape index (κ2) is 8.52. The quantitative estimate of drug-likeness (QED) is 0.365. The van der Waals surface area contributed by atoms with Crippen LogP contribution in [0.3, 0.4) is 0 Å². The number of pyridine rings is 1. The number of hydrogen-bond acceptors (Lipinski definition) is 3. The number of likely N-dealkylation sites (N-methyl/N-ethyl adjacent to an activating group) is 1. The number of allylic oxidation sites excluding steroid dienone is 1. The molecule has 0 unspecified atom stereocenters. The standard InChI is InChI=1S/C26H27N4/c1-30(2)17-15-29(16-18-30)26-9-3-21(4-10-26)19-25(20-27)23-7-5-22(6-8-23)24-11-13-28-14-12-24/h3-14,19H,15-18H2,1-2H3/q+1/b25-19+. The molecule has 2 aromatic carbocycles. The molecule has 0 radical (unpaired) electrons. The fourth-order valence-corrected chi connectivity index (χ4v) is 3.78. The first-order chi connectivity index (χ1) is 14.5. The maximum Gasteiger partial charge on any atom is 0.0998 e. The highest BCUT2D eigenvalue weighted by Crippen LogP contribution is 2.24. The first kappa shape index (κ1) is 19.9. The van der Waals surface area contributed by atoms with Crippen molar-refractivity contribution >= 4 is 17.3 Å². The number of nitrogens with zero attached hydrogens (tertiary/aromatic N) is 4. The van der Waals surface area contributed by atoms with Crippen molar-refractivity contribution in [2.45, 2.75) is 0 Å². The van der Waals surface area contributed by atoms with Crippen LogP contribution in [0.15, 0.2) is 73.1 Å². The molecule has 0 aliphatic carbocycles.